The number of hydrogen-bond acceptors (Lipinski definition) is 7. The molecule has 184 valence electrons. The SMILES string of the molecule is COc1ccc(C[C@H]2NC[C@H](O)[C@H]2OC(=O)NCCN(Cc2cnc[nH]2)C(=O)C2CCC2)cc1. The normalized spacial score (nSPS) is 22.1. The summed E-state index contributed by atoms with van der Waals surface area (Å²) < 4.78 is 10.8. The molecule has 34 heavy (non-hydrogen) atoms. The predicted octanol–water partition coefficient (Wildman–Crippen LogP) is 1.22. The maximum Gasteiger partial charge on any atom is 0.407 e. The average molecular weight is 472 g/mol. The zero-order chi connectivity index (χ0) is 23.9. The third-order valence-corrected chi connectivity index (χ3v) is 6.56. The highest BCUT2D eigenvalue weighted by molar-refractivity contribution is 5.79. The Hall–Kier alpha value is -3.11. The first-order valence-corrected chi connectivity index (χ1v) is 11.8. The lowest BCUT2D eigenvalue weighted by atomic mass is 9.84. The summed E-state index contributed by atoms with van der Waals surface area (Å²) in [6.45, 7) is 1.39. The average Bonchev–Trinajstić information content (AvgIpc) is 3.43. The lowest BCUT2D eigenvalue weighted by Gasteiger charge is -2.31. The molecule has 0 radical (unpaired) electrons. The summed E-state index contributed by atoms with van der Waals surface area (Å²) in [5.74, 6) is 0.937. The Morgan fingerprint density at radius 2 is 2.06 bits per heavy atom. The van der Waals surface area contributed by atoms with Gasteiger partial charge in [0.1, 0.15) is 18.0 Å². The fourth-order valence-electron chi connectivity index (χ4n) is 4.35. The van der Waals surface area contributed by atoms with E-state index in [1.807, 2.05) is 24.3 Å². The molecule has 2 aliphatic rings. The zero-order valence-corrected chi connectivity index (χ0v) is 19.4. The van der Waals surface area contributed by atoms with Crippen LogP contribution in [0.15, 0.2) is 36.8 Å². The fraction of sp³-hybridized carbons (Fsp3) is 0.542. The number of aromatic amines is 1. The number of hydrogen-bond donors (Lipinski definition) is 4. The first kappa shape index (κ1) is 24.0. The third kappa shape index (κ3) is 6.06. The number of carbonyl (C=O) groups excluding carboxylic acids is 2. The summed E-state index contributed by atoms with van der Waals surface area (Å²) in [6, 6.07) is 7.46. The zero-order valence-electron chi connectivity index (χ0n) is 19.4. The van der Waals surface area contributed by atoms with E-state index < -0.39 is 18.3 Å². The Labute approximate surface area is 199 Å². The first-order valence-electron chi connectivity index (χ1n) is 11.8. The second-order valence-electron chi connectivity index (χ2n) is 8.90. The molecule has 1 aromatic carbocycles. The molecule has 2 fully saturated rings. The van der Waals surface area contributed by atoms with Crippen molar-refractivity contribution in [2.24, 2.45) is 5.92 Å². The molecule has 0 bridgehead atoms. The van der Waals surface area contributed by atoms with Gasteiger partial charge in [-0.05, 0) is 37.0 Å². The first-order chi connectivity index (χ1) is 16.5. The maximum atomic E-state index is 12.8. The standard InChI is InChI=1S/C24H33N5O5/c1-33-19-7-5-16(6-8-19)11-20-22(21(30)13-27-20)34-24(32)26-9-10-29(14-18-12-25-15-28-18)23(31)17-3-2-4-17/h5-8,12,15,17,20-22,27,30H,2-4,9-11,13-14H2,1H3,(H,25,28)(H,26,32)/t20-,21+,22+/m1/s1. The Morgan fingerprint density at radius 1 is 1.26 bits per heavy atom. The highest BCUT2D eigenvalue weighted by Gasteiger charge is 2.38. The quantitative estimate of drug-likeness (QED) is 0.410. The van der Waals surface area contributed by atoms with Crippen molar-refractivity contribution >= 4 is 12.0 Å². The van der Waals surface area contributed by atoms with Crippen molar-refractivity contribution < 1.29 is 24.2 Å². The van der Waals surface area contributed by atoms with Crippen molar-refractivity contribution in [1.82, 2.24) is 25.5 Å². The Bertz CT molecular complexity index is 932. The molecule has 4 rings (SSSR count). The van der Waals surface area contributed by atoms with Gasteiger partial charge in [0, 0.05) is 31.7 Å². The van der Waals surface area contributed by atoms with Gasteiger partial charge >= 0.3 is 6.09 Å². The molecule has 1 aromatic heterocycles. The molecule has 3 atom stereocenters. The van der Waals surface area contributed by atoms with Gasteiger partial charge in [0.2, 0.25) is 5.91 Å². The van der Waals surface area contributed by atoms with Crippen LogP contribution in [0.4, 0.5) is 4.79 Å². The Kier molecular flexibility index (Phi) is 8.02. The van der Waals surface area contributed by atoms with Crippen molar-refractivity contribution in [3.63, 3.8) is 0 Å². The summed E-state index contributed by atoms with van der Waals surface area (Å²) in [7, 11) is 1.62. The number of β-amino-alcohol motifs (C(OH)–C–C–N with tert-alkyl or cyclic N) is 1. The van der Waals surface area contributed by atoms with Gasteiger partial charge in [0.25, 0.3) is 0 Å². The molecule has 0 unspecified atom stereocenters. The molecule has 2 heterocycles. The van der Waals surface area contributed by atoms with Crippen LogP contribution in [0.1, 0.15) is 30.5 Å². The molecular weight excluding hydrogens is 438 g/mol. The topological polar surface area (TPSA) is 129 Å². The number of ether oxygens (including phenoxy) is 2. The van der Waals surface area contributed by atoms with Gasteiger partial charge in [-0.25, -0.2) is 9.78 Å². The number of H-pyrrole nitrogens is 1. The van der Waals surface area contributed by atoms with E-state index in [2.05, 4.69) is 20.6 Å². The molecule has 0 spiro atoms. The van der Waals surface area contributed by atoms with Crippen LogP contribution in [0, 0.1) is 5.92 Å². The van der Waals surface area contributed by atoms with E-state index in [4.69, 9.17) is 9.47 Å². The molecule has 10 heteroatoms. The summed E-state index contributed by atoms with van der Waals surface area (Å²) >= 11 is 0. The molecule has 4 N–H and O–H groups in total. The van der Waals surface area contributed by atoms with Gasteiger partial charge in [0.15, 0.2) is 0 Å². The molecule has 1 aliphatic carbocycles. The second kappa shape index (κ2) is 11.3. The van der Waals surface area contributed by atoms with Crippen LogP contribution < -0.4 is 15.4 Å². The number of nitrogens with zero attached hydrogens (tertiary/aromatic N) is 2. The molecule has 2 amide bonds. The fourth-order valence-corrected chi connectivity index (χ4v) is 4.35. The maximum absolute atomic E-state index is 12.8. The van der Waals surface area contributed by atoms with Crippen molar-refractivity contribution in [3.05, 3.63) is 48.0 Å². The van der Waals surface area contributed by atoms with E-state index in [1.165, 1.54) is 0 Å². The highest BCUT2D eigenvalue weighted by Crippen LogP contribution is 2.28. The van der Waals surface area contributed by atoms with E-state index >= 15 is 0 Å². The van der Waals surface area contributed by atoms with Crippen LogP contribution in [-0.2, 0) is 22.5 Å². The number of aliphatic hydroxyl groups is 1. The molecule has 1 saturated carbocycles. The number of imidazole rings is 1. The van der Waals surface area contributed by atoms with Crippen molar-refractivity contribution in [3.8, 4) is 5.75 Å². The van der Waals surface area contributed by atoms with E-state index in [0.717, 1.165) is 36.3 Å². The van der Waals surface area contributed by atoms with Crippen LogP contribution in [0.5, 0.6) is 5.75 Å². The number of benzene rings is 1. The van der Waals surface area contributed by atoms with Gasteiger partial charge in [-0.3, -0.25) is 4.79 Å². The Balaban J connectivity index is 1.27. The van der Waals surface area contributed by atoms with E-state index in [0.29, 0.717) is 26.1 Å². The molecule has 2 aromatic rings. The molecule has 1 saturated heterocycles. The van der Waals surface area contributed by atoms with Crippen LogP contribution in [0.2, 0.25) is 0 Å². The molecular formula is C24H33N5O5. The largest absolute Gasteiger partial charge is 0.497 e. The minimum atomic E-state index is -0.786. The summed E-state index contributed by atoms with van der Waals surface area (Å²) in [5, 5.41) is 16.3. The van der Waals surface area contributed by atoms with Crippen LogP contribution in [0.25, 0.3) is 0 Å². The van der Waals surface area contributed by atoms with Crippen LogP contribution in [0.3, 0.4) is 0 Å². The van der Waals surface area contributed by atoms with Gasteiger partial charge in [-0.2, -0.15) is 0 Å². The minimum Gasteiger partial charge on any atom is -0.497 e. The summed E-state index contributed by atoms with van der Waals surface area (Å²) in [4.78, 5) is 34.1. The third-order valence-electron chi connectivity index (χ3n) is 6.56. The summed E-state index contributed by atoms with van der Waals surface area (Å²) in [6.07, 6.45) is 4.73. The minimum absolute atomic E-state index is 0.0632. The predicted molar refractivity (Wildman–Crippen MR) is 124 cm³/mol. The van der Waals surface area contributed by atoms with Gasteiger partial charge < -0.3 is 35.1 Å². The monoisotopic (exact) mass is 471 g/mol. The van der Waals surface area contributed by atoms with E-state index in [-0.39, 0.29) is 24.4 Å². The second-order valence-corrected chi connectivity index (χ2v) is 8.90. The van der Waals surface area contributed by atoms with Crippen molar-refractivity contribution in [2.75, 3.05) is 26.7 Å². The lowest BCUT2D eigenvalue weighted by Crippen LogP contribution is -2.45. The lowest BCUT2D eigenvalue weighted by molar-refractivity contribution is -0.138. The highest BCUT2D eigenvalue weighted by atomic mass is 16.6. The molecule has 10 nitrogen and oxygen atoms in total. The number of carbonyl (C=O) groups is 2. The number of amides is 2. The van der Waals surface area contributed by atoms with Crippen LogP contribution >= 0.6 is 0 Å². The van der Waals surface area contributed by atoms with Crippen molar-refractivity contribution in [2.45, 2.75) is 50.5 Å². The summed E-state index contributed by atoms with van der Waals surface area (Å²) in [5.41, 5.74) is 1.89. The number of methoxy groups -OCH3 is 1. The van der Waals surface area contributed by atoms with E-state index in [1.54, 1.807) is 24.5 Å². The van der Waals surface area contributed by atoms with Gasteiger partial charge in [0.05, 0.1) is 31.7 Å². The Morgan fingerprint density at radius 3 is 2.71 bits per heavy atom. The molecule has 1 aliphatic heterocycles. The number of aliphatic hydroxyl groups excluding tert-OH is 1. The van der Waals surface area contributed by atoms with E-state index in [9.17, 15) is 14.7 Å². The smallest absolute Gasteiger partial charge is 0.407 e. The number of nitrogens with one attached hydrogen (secondary N) is 3. The number of alkyl carbamates (subject to hydrolysis) is 1. The van der Waals surface area contributed by atoms with Gasteiger partial charge in [-0.1, -0.05) is 18.6 Å². The van der Waals surface area contributed by atoms with Gasteiger partial charge in [-0.15, -0.1) is 0 Å². The van der Waals surface area contributed by atoms with Crippen molar-refractivity contribution in [1.29, 1.82) is 0 Å². The number of aromatic nitrogens is 2. The number of rotatable bonds is 10. The van der Waals surface area contributed by atoms with Crippen LogP contribution in [-0.4, -0.2) is 77.0 Å².